The van der Waals surface area contributed by atoms with Crippen molar-refractivity contribution in [2.45, 2.75) is 24.8 Å². The van der Waals surface area contributed by atoms with E-state index in [0.29, 0.717) is 0 Å². The molecule has 2 aromatic rings. The molecule has 0 atom stereocenters. The van der Waals surface area contributed by atoms with Gasteiger partial charge >= 0.3 is 0 Å². The maximum Gasteiger partial charge on any atom is 0.261 e. The lowest BCUT2D eigenvalue weighted by Gasteiger charge is -2.12. The average molecular weight is 371 g/mol. The molecular weight excluding hydrogens is 355 g/mol. The molecule has 2 aromatic carbocycles. The number of hydrogen-bond acceptors (Lipinski definition) is 3. The van der Waals surface area contributed by atoms with Gasteiger partial charge in [-0.1, -0.05) is 11.6 Å². The van der Waals surface area contributed by atoms with Crippen molar-refractivity contribution >= 4 is 33.2 Å². The lowest BCUT2D eigenvalue weighted by molar-refractivity contribution is 0.0943. The van der Waals surface area contributed by atoms with Crippen LogP contribution in [0.4, 0.5) is 10.1 Å². The Morgan fingerprint density at radius 1 is 1.12 bits per heavy atom. The third-order valence-electron chi connectivity index (χ3n) is 3.01. The molecule has 0 saturated carbocycles. The van der Waals surface area contributed by atoms with Gasteiger partial charge in [-0.05, 0) is 56.3 Å². The standard InChI is InChI=1S/C16H16ClFN2O3S/c1-10(2)19-16(21)14-9-13(7-8-15(14)17)24(22,23)20-12-5-3-11(18)4-6-12/h3-10,20H,1-2H3,(H,19,21). The molecule has 0 aliphatic rings. The number of sulfonamides is 1. The molecule has 0 aromatic heterocycles. The summed E-state index contributed by atoms with van der Waals surface area (Å²) in [5.74, 6) is -0.939. The van der Waals surface area contributed by atoms with E-state index in [1.54, 1.807) is 13.8 Å². The summed E-state index contributed by atoms with van der Waals surface area (Å²) in [6, 6.07) is 8.60. The van der Waals surface area contributed by atoms with Crippen molar-refractivity contribution in [1.82, 2.24) is 5.32 Å². The highest BCUT2D eigenvalue weighted by atomic mass is 35.5. The SMILES string of the molecule is CC(C)NC(=O)c1cc(S(=O)(=O)Nc2ccc(F)cc2)ccc1Cl. The van der Waals surface area contributed by atoms with E-state index in [2.05, 4.69) is 10.0 Å². The van der Waals surface area contributed by atoms with Gasteiger partial charge in [-0.3, -0.25) is 9.52 Å². The molecule has 0 saturated heterocycles. The Morgan fingerprint density at radius 2 is 1.75 bits per heavy atom. The van der Waals surface area contributed by atoms with Gasteiger partial charge in [-0.25, -0.2) is 12.8 Å². The summed E-state index contributed by atoms with van der Waals surface area (Å²) in [5, 5.41) is 2.80. The van der Waals surface area contributed by atoms with Crippen LogP contribution < -0.4 is 10.0 Å². The lowest BCUT2D eigenvalue weighted by atomic mass is 10.2. The maximum atomic E-state index is 12.9. The Kier molecular flexibility index (Phi) is 5.46. The molecule has 0 aliphatic heterocycles. The van der Waals surface area contributed by atoms with Gasteiger partial charge in [-0.2, -0.15) is 0 Å². The van der Waals surface area contributed by atoms with Gasteiger partial charge in [0.15, 0.2) is 0 Å². The fourth-order valence-corrected chi connectivity index (χ4v) is 3.21. The lowest BCUT2D eigenvalue weighted by Crippen LogP contribution is -2.30. The summed E-state index contributed by atoms with van der Waals surface area (Å²) in [6.07, 6.45) is 0. The summed E-state index contributed by atoms with van der Waals surface area (Å²) in [6.45, 7) is 3.56. The monoisotopic (exact) mass is 370 g/mol. The van der Waals surface area contributed by atoms with Crippen LogP contribution in [0, 0.1) is 5.82 Å². The Hall–Kier alpha value is -2.12. The van der Waals surface area contributed by atoms with Crippen LogP contribution in [-0.4, -0.2) is 20.4 Å². The molecule has 0 spiro atoms. The summed E-state index contributed by atoms with van der Waals surface area (Å²) in [7, 11) is -3.94. The molecular formula is C16H16ClFN2O3S. The van der Waals surface area contributed by atoms with Crippen LogP contribution in [0.5, 0.6) is 0 Å². The van der Waals surface area contributed by atoms with E-state index in [9.17, 15) is 17.6 Å². The van der Waals surface area contributed by atoms with Crippen molar-refractivity contribution in [3.8, 4) is 0 Å². The Bertz CT molecular complexity index is 852. The topological polar surface area (TPSA) is 75.3 Å². The summed E-state index contributed by atoms with van der Waals surface area (Å²) >= 11 is 5.98. The second-order valence-electron chi connectivity index (χ2n) is 5.38. The first-order chi connectivity index (χ1) is 11.2. The number of amides is 1. The maximum absolute atomic E-state index is 12.9. The zero-order chi connectivity index (χ0) is 17.9. The van der Waals surface area contributed by atoms with Gasteiger partial charge in [0.2, 0.25) is 0 Å². The van der Waals surface area contributed by atoms with Crippen molar-refractivity contribution in [3.05, 3.63) is 58.9 Å². The average Bonchev–Trinajstić information content (AvgIpc) is 2.49. The number of carbonyl (C=O) groups is 1. The number of halogens is 2. The first-order valence-corrected chi connectivity index (χ1v) is 8.94. The highest BCUT2D eigenvalue weighted by Crippen LogP contribution is 2.23. The zero-order valence-electron chi connectivity index (χ0n) is 13.0. The van der Waals surface area contributed by atoms with Crippen molar-refractivity contribution in [3.63, 3.8) is 0 Å². The van der Waals surface area contributed by atoms with Crippen LogP contribution in [0.3, 0.4) is 0 Å². The summed E-state index contributed by atoms with van der Waals surface area (Å²) < 4.78 is 40.0. The predicted molar refractivity (Wildman–Crippen MR) is 91.3 cm³/mol. The Labute approximate surface area is 144 Å². The van der Waals surface area contributed by atoms with Crippen LogP contribution in [0.2, 0.25) is 5.02 Å². The second kappa shape index (κ2) is 7.19. The minimum absolute atomic E-state index is 0.0624. The van der Waals surface area contributed by atoms with Gasteiger partial charge in [0.1, 0.15) is 5.82 Å². The Balaban J connectivity index is 2.33. The highest BCUT2D eigenvalue weighted by molar-refractivity contribution is 7.92. The molecule has 0 heterocycles. The molecule has 2 rings (SSSR count). The van der Waals surface area contributed by atoms with Crippen LogP contribution in [0.1, 0.15) is 24.2 Å². The van der Waals surface area contributed by atoms with Crippen molar-refractivity contribution in [2.24, 2.45) is 0 Å². The molecule has 0 radical (unpaired) electrons. The molecule has 0 aliphatic carbocycles. The second-order valence-corrected chi connectivity index (χ2v) is 7.47. The van der Waals surface area contributed by atoms with E-state index < -0.39 is 21.7 Å². The van der Waals surface area contributed by atoms with E-state index in [-0.39, 0.29) is 27.2 Å². The van der Waals surface area contributed by atoms with Gasteiger partial charge in [0.25, 0.3) is 15.9 Å². The quantitative estimate of drug-likeness (QED) is 0.846. The third kappa shape index (κ3) is 4.46. The molecule has 1 amide bonds. The van der Waals surface area contributed by atoms with E-state index in [0.717, 1.165) is 12.1 Å². The Morgan fingerprint density at radius 3 is 2.33 bits per heavy atom. The molecule has 8 heteroatoms. The van der Waals surface area contributed by atoms with E-state index >= 15 is 0 Å². The molecule has 128 valence electrons. The third-order valence-corrected chi connectivity index (χ3v) is 4.72. The highest BCUT2D eigenvalue weighted by Gasteiger charge is 2.19. The smallest absolute Gasteiger partial charge is 0.261 e. The van der Waals surface area contributed by atoms with Gasteiger partial charge in [-0.15, -0.1) is 0 Å². The predicted octanol–water partition coefficient (Wildman–Crippen LogP) is 3.42. The summed E-state index contributed by atoms with van der Waals surface area (Å²) in [5.41, 5.74) is 0.270. The normalized spacial score (nSPS) is 11.4. The van der Waals surface area contributed by atoms with Crippen LogP contribution in [0.25, 0.3) is 0 Å². The van der Waals surface area contributed by atoms with Crippen LogP contribution in [-0.2, 0) is 10.0 Å². The fraction of sp³-hybridized carbons (Fsp3) is 0.188. The first-order valence-electron chi connectivity index (χ1n) is 7.08. The largest absolute Gasteiger partial charge is 0.350 e. The fourth-order valence-electron chi connectivity index (χ4n) is 1.92. The molecule has 0 fully saturated rings. The number of anilines is 1. The van der Waals surface area contributed by atoms with E-state index in [1.807, 2.05) is 0 Å². The van der Waals surface area contributed by atoms with Crippen LogP contribution >= 0.6 is 11.6 Å². The van der Waals surface area contributed by atoms with E-state index in [4.69, 9.17) is 11.6 Å². The van der Waals surface area contributed by atoms with Crippen molar-refractivity contribution in [2.75, 3.05) is 4.72 Å². The van der Waals surface area contributed by atoms with E-state index in [1.165, 1.54) is 30.3 Å². The van der Waals surface area contributed by atoms with Gasteiger partial charge < -0.3 is 5.32 Å². The molecule has 0 bridgehead atoms. The molecule has 2 N–H and O–H groups in total. The number of benzene rings is 2. The number of rotatable bonds is 5. The molecule has 5 nitrogen and oxygen atoms in total. The molecule has 24 heavy (non-hydrogen) atoms. The number of nitrogens with one attached hydrogen (secondary N) is 2. The van der Waals surface area contributed by atoms with Gasteiger partial charge in [0.05, 0.1) is 15.5 Å². The minimum atomic E-state index is -3.94. The number of hydrogen-bond donors (Lipinski definition) is 2. The van der Waals surface area contributed by atoms with Gasteiger partial charge in [0, 0.05) is 11.7 Å². The van der Waals surface area contributed by atoms with Crippen molar-refractivity contribution in [1.29, 1.82) is 0 Å². The number of carbonyl (C=O) groups excluding carboxylic acids is 1. The minimum Gasteiger partial charge on any atom is -0.350 e. The summed E-state index contributed by atoms with van der Waals surface area (Å²) in [4.78, 5) is 12.0. The van der Waals surface area contributed by atoms with Crippen LogP contribution in [0.15, 0.2) is 47.4 Å². The van der Waals surface area contributed by atoms with Crippen molar-refractivity contribution < 1.29 is 17.6 Å². The first kappa shape index (κ1) is 18.2. The zero-order valence-corrected chi connectivity index (χ0v) is 14.6. The molecule has 0 unspecified atom stereocenters.